The summed E-state index contributed by atoms with van der Waals surface area (Å²) in [7, 11) is 0. The van der Waals surface area contributed by atoms with Crippen LogP contribution in [0.4, 0.5) is 5.69 Å². The Kier molecular flexibility index (Phi) is 3.81. The minimum absolute atomic E-state index is 0.0986. The first-order chi connectivity index (χ1) is 10.2. The third-order valence-electron chi connectivity index (χ3n) is 4.12. The van der Waals surface area contributed by atoms with Crippen LogP contribution in [0.2, 0.25) is 0 Å². The molecule has 2 aliphatic rings. The van der Waals surface area contributed by atoms with Crippen molar-refractivity contribution in [2.45, 2.75) is 38.0 Å². The van der Waals surface area contributed by atoms with Gasteiger partial charge < -0.3 is 16.0 Å². The topological polar surface area (TPSA) is 104 Å². The summed E-state index contributed by atoms with van der Waals surface area (Å²) in [5, 5.41) is 9.56. The van der Waals surface area contributed by atoms with Crippen LogP contribution in [0, 0.1) is 0 Å². The van der Waals surface area contributed by atoms with E-state index in [9.17, 15) is 9.59 Å². The van der Waals surface area contributed by atoms with Crippen molar-refractivity contribution in [3.05, 3.63) is 11.4 Å². The summed E-state index contributed by atoms with van der Waals surface area (Å²) < 4.78 is 0. The molecule has 0 unspecified atom stereocenters. The van der Waals surface area contributed by atoms with Crippen LogP contribution in [0.5, 0.6) is 0 Å². The van der Waals surface area contributed by atoms with Gasteiger partial charge in [0.15, 0.2) is 5.69 Å². The van der Waals surface area contributed by atoms with Gasteiger partial charge in [-0.3, -0.25) is 14.7 Å². The quantitative estimate of drug-likeness (QED) is 0.739. The lowest BCUT2D eigenvalue weighted by atomic mass is 10.2. The third-order valence-corrected chi connectivity index (χ3v) is 4.12. The van der Waals surface area contributed by atoms with E-state index < -0.39 is 0 Å². The summed E-state index contributed by atoms with van der Waals surface area (Å²) in [6.07, 6.45) is 4.67. The average Bonchev–Trinajstić information content (AvgIpc) is 3.01. The van der Waals surface area contributed by atoms with Gasteiger partial charge in [-0.25, -0.2) is 0 Å². The molecule has 21 heavy (non-hydrogen) atoms. The molecule has 1 aliphatic carbocycles. The van der Waals surface area contributed by atoms with E-state index in [1.54, 1.807) is 0 Å². The standard InChI is InChI=1S/C14H21N5O2/c15-11-12(9-3-4-9)17-18-13(11)14(21)16-6-5-10(20)19-7-1-2-8-19/h9H,1-8,15H2,(H,16,21)(H,17,18). The second-order valence-electron chi connectivity index (χ2n) is 5.77. The molecule has 0 radical (unpaired) electrons. The Bertz CT molecular complexity index is 544. The minimum atomic E-state index is -0.315. The number of likely N-dealkylation sites (tertiary alicyclic amines) is 1. The number of carbonyl (C=O) groups is 2. The van der Waals surface area contributed by atoms with Gasteiger partial charge >= 0.3 is 0 Å². The number of anilines is 1. The molecule has 1 saturated heterocycles. The maximum atomic E-state index is 12.0. The molecule has 1 aromatic rings. The van der Waals surface area contributed by atoms with Crippen molar-refractivity contribution in [2.24, 2.45) is 0 Å². The molecule has 7 nitrogen and oxygen atoms in total. The predicted molar refractivity (Wildman–Crippen MR) is 77.7 cm³/mol. The van der Waals surface area contributed by atoms with Crippen LogP contribution in [-0.4, -0.2) is 46.5 Å². The first kappa shape index (κ1) is 13.9. The van der Waals surface area contributed by atoms with Gasteiger partial charge in [0.1, 0.15) is 0 Å². The van der Waals surface area contributed by atoms with Crippen molar-refractivity contribution in [1.82, 2.24) is 20.4 Å². The Morgan fingerprint density at radius 2 is 2.05 bits per heavy atom. The number of H-pyrrole nitrogens is 1. The van der Waals surface area contributed by atoms with Crippen molar-refractivity contribution in [1.29, 1.82) is 0 Å². The predicted octanol–water partition coefficient (Wildman–Crippen LogP) is 0.612. The normalized spacial score (nSPS) is 18.0. The fourth-order valence-electron chi connectivity index (χ4n) is 2.71. The van der Waals surface area contributed by atoms with Crippen LogP contribution in [0.15, 0.2) is 0 Å². The van der Waals surface area contributed by atoms with E-state index in [2.05, 4.69) is 15.5 Å². The number of nitrogens with two attached hydrogens (primary N) is 1. The summed E-state index contributed by atoms with van der Waals surface area (Å²) in [4.78, 5) is 25.7. The van der Waals surface area contributed by atoms with Crippen LogP contribution in [0.25, 0.3) is 0 Å². The Balaban J connectivity index is 1.48. The van der Waals surface area contributed by atoms with Crippen LogP contribution < -0.4 is 11.1 Å². The number of rotatable bonds is 5. The molecule has 2 amide bonds. The minimum Gasteiger partial charge on any atom is -0.395 e. The molecular formula is C14H21N5O2. The molecule has 114 valence electrons. The molecule has 1 saturated carbocycles. The van der Waals surface area contributed by atoms with Crippen molar-refractivity contribution < 1.29 is 9.59 Å². The smallest absolute Gasteiger partial charge is 0.273 e. The molecule has 0 bridgehead atoms. The number of aromatic nitrogens is 2. The van der Waals surface area contributed by atoms with E-state index in [1.807, 2.05) is 4.90 Å². The summed E-state index contributed by atoms with van der Waals surface area (Å²) in [5.74, 6) is 0.210. The third kappa shape index (κ3) is 3.01. The van der Waals surface area contributed by atoms with Crippen molar-refractivity contribution in [3.63, 3.8) is 0 Å². The monoisotopic (exact) mass is 291 g/mol. The number of hydrogen-bond donors (Lipinski definition) is 3. The zero-order valence-electron chi connectivity index (χ0n) is 12.0. The number of aromatic amines is 1. The van der Waals surface area contributed by atoms with Gasteiger partial charge in [-0.15, -0.1) is 0 Å². The second kappa shape index (κ2) is 5.75. The Morgan fingerprint density at radius 3 is 2.71 bits per heavy atom. The number of nitrogens with zero attached hydrogens (tertiary/aromatic N) is 2. The Morgan fingerprint density at radius 1 is 1.33 bits per heavy atom. The lowest BCUT2D eigenvalue weighted by Crippen LogP contribution is -2.33. The largest absolute Gasteiger partial charge is 0.395 e. The summed E-state index contributed by atoms with van der Waals surface area (Å²) in [5.41, 5.74) is 7.50. The van der Waals surface area contributed by atoms with E-state index in [0.717, 1.165) is 44.5 Å². The van der Waals surface area contributed by atoms with Gasteiger partial charge in [0.05, 0.1) is 11.4 Å². The maximum absolute atomic E-state index is 12.0. The summed E-state index contributed by atoms with van der Waals surface area (Å²) in [6.45, 7) is 1.99. The molecule has 2 heterocycles. The number of nitrogens with one attached hydrogen (secondary N) is 2. The maximum Gasteiger partial charge on any atom is 0.273 e. The van der Waals surface area contributed by atoms with Gasteiger partial charge in [0.25, 0.3) is 5.91 Å². The van der Waals surface area contributed by atoms with Gasteiger partial charge in [-0.05, 0) is 25.7 Å². The molecule has 4 N–H and O–H groups in total. The molecule has 2 fully saturated rings. The zero-order valence-corrected chi connectivity index (χ0v) is 12.0. The molecule has 0 atom stereocenters. The highest BCUT2D eigenvalue weighted by atomic mass is 16.2. The number of amides is 2. The van der Waals surface area contributed by atoms with Crippen molar-refractivity contribution >= 4 is 17.5 Å². The van der Waals surface area contributed by atoms with Gasteiger partial charge in [0.2, 0.25) is 5.91 Å². The highest BCUT2D eigenvalue weighted by molar-refractivity contribution is 5.97. The van der Waals surface area contributed by atoms with Crippen molar-refractivity contribution in [2.75, 3.05) is 25.4 Å². The van der Waals surface area contributed by atoms with E-state index >= 15 is 0 Å². The highest BCUT2D eigenvalue weighted by Crippen LogP contribution is 2.42. The molecule has 1 aliphatic heterocycles. The first-order valence-corrected chi connectivity index (χ1v) is 7.56. The molecule has 7 heteroatoms. The average molecular weight is 291 g/mol. The fraction of sp³-hybridized carbons (Fsp3) is 0.643. The van der Waals surface area contributed by atoms with Crippen LogP contribution >= 0.6 is 0 Å². The van der Waals surface area contributed by atoms with E-state index in [1.165, 1.54) is 0 Å². The SMILES string of the molecule is Nc1c(C(=O)NCCC(=O)N2CCCC2)n[nH]c1C1CC1. The Labute approximate surface area is 123 Å². The van der Waals surface area contributed by atoms with E-state index in [-0.39, 0.29) is 17.5 Å². The molecule has 1 aromatic heterocycles. The first-order valence-electron chi connectivity index (χ1n) is 7.56. The van der Waals surface area contributed by atoms with Crippen molar-refractivity contribution in [3.8, 4) is 0 Å². The number of carbonyl (C=O) groups excluding carboxylic acids is 2. The zero-order chi connectivity index (χ0) is 14.8. The second-order valence-corrected chi connectivity index (χ2v) is 5.77. The van der Waals surface area contributed by atoms with Crippen LogP contribution in [0.1, 0.15) is 54.2 Å². The molecule has 0 spiro atoms. The summed E-state index contributed by atoms with van der Waals surface area (Å²) in [6, 6.07) is 0. The lowest BCUT2D eigenvalue weighted by molar-refractivity contribution is -0.129. The van der Waals surface area contributed by atoms with Gasteiger partial charge in [-0.1, -0.05) is 0 Å². The number of nitrogen functional groups attached to an aromatic ring is 1. The number of hydrogen-bond acceptors (Lipinski definition) is 4. The highest BCUT2D eigenvalue weighted by Gasteiger charge is 2.30. The Hall–Kier alpha value is -2.05. The molecule has 3 rings (SSSR count). The van der Waals surface area contributed by atoms with E-state index in [0.29, 0.717) is 24.6 Å². The summed E-state index contributed by atoms with van der Waals surface area (Å²) >= 11 is 0. The van der Waals surface area contributed by atoms with E-state index in [4.69, 9.17) is 5.73 Å². The fourth-order valence-corrected chi connectivity index (χ4v) is 2.71. The molecular weight excluding hydrogens is 270 g/mol. The van der Waals surface area contributed by atoms with Gasteiger partial charge in [-0.2, -0.15) is 5.10 Å². The molecule has 0 aromatic carbocycles. The van der Waals surface area contributed by atoms with Crippen LogP contribution in [0.3, 0.4) is 0 Å². The van der Waals surface area contributed by atoms with Gasteiger partial charge in [0, 0.05) is 32.0 Å². The lowest BCUT2D eigenvalue weighted by Gasteiger charge is -2.14. The van der Waals surface area contributed by atoms with Crippen LogP contribution in [-0.2, 0) is 4.79 Å².